The smallest absolute Gasteiger partial charge is 0.0319 e. The lowest BCUT2D eigenvalue weighted by molar-refractivity contribution is 0.629. The topological polar surface area (TPSA) is 0 Å². The van der Waals surface area contributed by atoms with Gasteiger partial charge in [-0.25, -0.2) is 0 Å². The van der Waals surface area contributed by atoms with E-state index in [4.69, 9.17) is 0 Å². The van der Waals surface area contributed by atoms with E-state index in [1.807, 2.05) is 0 Å². The minimum absolute atomic E-state index is 0.467. The predicted molar refractivity (Wildman–Crippen MR) is 104 cm³/mol. The highest BCUT2D eigenvalue weighted by Crippen LogP contribution is 2.54. The van der Waals surface area contributed by atoms with E-state index in [9.17, 15) is 0 Å². The van der Waals surface area contributed by atoms with E-state index >= 15 is 0 Å². The lowest BCUT2D eigenvalue weighted by atomic mass is 9.73. The van der Waals surface area contributed by atoms with Crippen molar-refractivity contribution in [2.75, 3.05) is 0 Å². The minimum Gasteiger partial charge on any atom is -0.0833 e. The van der Waals surface area contributed by atoms with Gasteiger partial charge < -0.3 is 0 Å². The van der Waals surface area contributed by atoms with Crippen molar-refractivity contribution in [3.8, 4) is 0 Å². The average Bonchev–Trinajstić information content (AvgIpc) is 2.88. The molecule has 3 unspecified atom stereocenters. The van der Waals surface area contributed by atoms with Crippen molar-refractivity contribution >= 4 is 5.57 Å². The number of aryl methyl sites for hydroxylation is 1. The molecule has 0 fully saturated rings. The van der Waals surface area contributed by atoms with Crippen LogP contribution in [0.4, 0.5) is 0 Å². The lowest BCUT2D eigenvalue weighted by Gasteiger charge is -2.31. The van der Waals surface area contributed by atoms with E-state index in [0.29, 0.717) is 17.8 Å². The third kappa shape index (κ3) is 2.19. The number of fused-ring (bicyclic) bond motifs is 2. The van der Waals surface area contributed by atoms with E-state index in [1.54, 1.807) is 22.3 Å². The fraction of sp³-hybridized carbons (Fsp3) is 0.417. The molecular weight excluding hydrogens is 288 g/mol. The minimum atomic E-state index is 0.467. The normalized spacial score (nSPS) is 28.9. The number of hydrogen-bond donors (Lipinski definition) is 0. The van der Waals surface area contributed by atoms with E-state index in [0.717, 1.165) is 0 Å². The number of allylic oxidation sites excluding steroid dienone is 8. The summed E-state index contributed by atoms with van der Waals surface area (Å²) in [5.74, 6) is 1.75. The monoisotopic (exact) mass is 316 g/mol. The molecule has 0 spiro atoms. The number of benzene rings is 1. The first-order valence-corrected chi connectivity index (χ1v) is 9.38. The van der Waals surface area contributed by atoms with Crippen LogP contribution in [-0.4, -0.2) is 0 Å². The molecular formula is C24H28. The van der Waals surface area contributed by atoms with Crippen molar-refractivity contribution in [2.45, 2.75) is 53.4 Å². The van der Waals surface area contributed by atoms with Crippen molar-refractivity contribution in [2.24, 2.45) is 11.8 Å². The Morgan fingerprint density at radius 1 is 1.04 bits per heavy atom. The van der Waals surface area contributed by atoms with Gasteiger partial charge in [0.25, 0.3) is 0 Å². The molecule has 0 saturated carbocycles. The van der Waals surface area contributed by atoms with Crippen molar-refractivity contribution in [3.05, 3.63) is 75.4 Å². The standard InChI is InChI=1S/C24H28/c1-14-12-17(4)18(5)21(13-14)24-22-15(2)8-6-10-19(22)20-11-7-9-16(3)23(20)24/h6-8,10-11,13-14,16,24H,9,12H2,1-5H3. The molecule has 0 aliphatic heterocycles. The Balaban J connectivity index is 1.98. The van der Waals surface area contributed by atoms with Gasteiger partial charge in [0.05, 0.1) is 0 Å². The zero-order valence-electron chi connectivity index (χ0n) is 15.6. The van der Waals surface area contributed by atoms with Gasteiger partial charge in [-0.1, -0.05) is 55.8 Å². The molecule has 24 heavy (non-hydrogen) atoms. The Morgan fingerprint density at radius 2 is 1.83 bits per heavy atom. The van der Waals surface area contributed by atoms with Crippen molar-refractivity contribution in [3.63, 3.8) is 0 Å². The van der Waals surface area contributed by atoms with Gasteiger partial charge in [-0.2, -0.15) is 0 Å². The van der Waals surface area contributed by atoms with Crippen LogP contribution in [0, 0.1) is 18.8 Å². The second-order valence-corrected chi connectivity index (χ2v) is 8.09. The van der Waals surface area contributed by atoms with Crippen LogP contribution in [0.25, 0.3) is 5.57 Å². The van der Waals surface area contributed by atoms with E-state index in [2.05, 4.69) is 71.0 Å². The molecule has 0 nitrogen and oxygen atoms in total. The summed E-state index contributed by atoms with van der Waals surface area (Å²) in [5, 5.41) is 0. The molecule has 0 heteroatoms. The quantitative estimate of drug-likeness (QED) is 0.538. The fourth-order valence-corrected chi connectivity index (χ4v) is 5.03. The molecule has 3 aliphatic carbocycles. The van der Waals surface area contributed by atoms with Crippen molar-refractivity contribution < 1.29 is 0 Å². The zero-order valence-corrected chi connectivity index (χ0v) is 15.6. The first-order chi connectivity index (χ1) is 11.5. The summed E-state index contributed by atoms with van der Waals surface area (Å²) in [4.78, 5) is 0. The van der Waals surface area contributed by atoms with Gasteiger partial charge in [-0.3, -0.25) is 0 Å². The Morgan fingerprint density at radius 3 is 2.62 bits per heavy atom. The lowest BCUT2D eigenvalue weighted by Crippen LogP contribution is -2.16. The second kappa shape index (κ2) is 5.62. The molecule has 0 radical (unpaired) electrons. The van der Waals surface area contributed by atoms with Gasteiger partial charge in [0.2, 0.25) is 0 Å². The third-order valence-corrected chi connectivity index (χ3v) is 6.31. The summed E-state index contributed by atoms with van der Waals surface area (Å²) in [6, 6.07) is 6.84. The molecule has 0 aromatic heterocycles. The number of rotatable bonds is 1. The van der Waals surface area contributed by atoms with Crippen LogP contribution in [0.15, 0.2) is 58.7 Å². The molecule has 0 N–H and O–H groups in total. The second-order valence-electron chi connectivity index (χ2n) is 8.09. The SMILES string of the molecule is CC1=C(C)C(C2C3=C(C=CCC3C)c3cccc(C)c32)=CC(C)C1. The maximum Gasteiger partial charge on any atom is 0.0319 e. The van der Waals surface area contributed by atoms with Gasteiger partial charge in [0.1, 0.15) is 0 Å². The first-order valence-electron chi connectivity index (χ1n) is 9.38. The largest absolute Gasteiger partial charge is 0.0833 e. The summed E-state index contributed by atoms with van der Waals surface area (Å²) in [6.07, 6.45) is 9.69. The summed E-state index contributed by atoms with van der Waals surface area (Å²) >= 11 is 0. The highest BCUT2D eigenvalue weighted by Gasteiger charge is 2.38. The van der Waals surface area contributed by atoms with E-state index < -0.39 is 0 Å². The van der Waals surface area contributed by atoms with Crippen molar-refractivity contribution in [1.29, 1.82) is 0 Å². The van der Waals surface area contributed by atoms with Crippen LogP contribution >= 0.6 is 0 Å². The van der Waals surface area contributed by atoms with Crippen LogP contribution in [-0.2, 0) is 0 Å². The van der Waals surface area contributed by atoms with Gasteiger partial charge in [-0.05, 0) is 84.4 Å². The van der Waals surface area contributed by atoms with E-state index in [1.165, 1.54) is 35.1 Å². The molecule has 4 rings (SSSR count). The molecule has 3 aliphatic rings. The molecule has 0 amide bonds. The highest BCUT2D eigenvalue weighted by molar-refractivity contribution is 5.88. The summed E-state index contributed by atoms with van der Waals surface area (Å²) < 4.78 is 0. The van der Waals surface area contributed by atoms with Gasteiger partial charge in [0.15, 0.2) is 0 Å². The Kier molecular flexibility index (Phi) is 3.67. The molecule has 1 aromatic rings. The number of hydrogen-bond acceptors (Lipinski definition) is 0. The van der Waals surface area contributed by atoms with Crippen molar-refractivity contribution in [1.82, 2.24) is 0 Å². The summed E-state index contributed by atoms with van der Waals surface area (Å²) in [7, 11) is 0. The maximum absolute atomic E-state index is 2.56. The average molecular weight is 316 g/mol. The molecule has 0 bridgehead atoms. The van der Waals surface area contributed by atoms with Gasteiger partial charge in [-0.15, -0.1) is 0 Å². The van der Waals surface area contributed by atoms with Gasteiger partial charge >= 0.3 is 0 Å². The maximum atomic E-state index is 2.56. The molecule has 1 aromatic carbocycles. The van der Waals surface area contributed by atoms with Crippen LogP contribution in [0.1, 0.15) is 63.1 Å². The Hall–Kier alpha value is -1.82. The van der Waals surface area contributed by atoms with Crippen LogP contribution in [0.3, 0.4) is 0 Å². The first kappa shape index (κ1) is 15.7. The predicted octanol–water partition coefficient (Wildman–Crippen LogP) is 6.74. The third-order valence-electron chi connectivity index (χ3n) is 6.31. The van der Waals surface area contributed by atoms with Crippen LogP contribution < -0.4 is 0 Å². The molecule has 3 atom stereocenters. The zero-order chi connectivity index (χ0) is 17.0. The van der Waals surface area contributed by atoms with E-state index in [-0.39, 0.29) is 0 Å². The fourth-order valence-electron chi connectivity index (χ4n) is 5.03. The summed E-state index contributed by atoms with van der Waals surface area (Å²) in [6.45, 7) is 11.7. The summed E-state index contributed by atoms with van der Waals surface area (Å²) in [5.41, 5.74) is 12.3. The van der Waals surface area contributed by atoms with Crippen LogP contribution in [0.2, 0.25) is 0 Å². The molecule has 0 heterocycles. The Bertz CT molecular complexity index is 826. The molecule has 124 valence electrons. The highest BCUT2D eigenvalue weighted by atomic mass is 14.4. The van der Waals surface area contributed by atoms with Crippen LogP contribution in [0.5, 0.6) is 0 Å². The Labute approximate surface area is 146 Å². The van der Waals surface area contributed by atoms with Gasteiger partial charge in [0, 0.05) is 5.92 Å². The molecule has 0 saturated heterocycles.